The van der Waals surface area contributed by atoms with Gasteiger partial charge in [-0.3, -0.25) is 14.9 Å². The molecule has 1 aromatic carbocycles. The van der Waals surface area contributed by atoms with Gasteiger partial charge in [-0.05, 0) is 37.9 Å². The zero-order valence-corrected chi connectivity index (χ0v) is 13.5. The van der Waals surface area contributed by atoms with Crippen LogP contribution < -0.4 is 5.32 Å². The van der Waals surface area contributed by atoms with Crippen LogP contribution in [0.3, 0.4) is 0 Å². The number of carbonyl (C=O) groups is 1. The normalized spacial score (nSPS) is 25.8. The van der Waals surface area contributed by atoms with E-state index in [1.807, 2.05) is 0 Å². The van der Waals surface area contributed by atoms with E-state index in [1.54, 1.807) is 0 Å². The Balaban J connectivity index is 1.67. The molecule has 5 rings (SSSR count). The predicted molar refractivity (Wildman–Crippen MR) is 88.2 cm³/mol. The molecular weight excluding hydrogens is 334 g/mol. The number of nitro groups is 1. The van der Waals surface area contributed by atoms with E-state index in [4.69, 9.17) is 11.6 Å². The Hall–Kier alpha value is -2.19. The van der Waals surface area contributed by atoms with Crippen LogP contribution in [0.15, 0.2) is 12.4 Å². The number of amides is 1. The second-order valence-corrected chi connectivity index (χ2v) is 6.76. The van der Waals surface area contributed by atoms with Crippen LogP contribution in [0.5, 0.6) is 0 Å². The Kier molecular flexibility index (Phi) is 3.65. The maximum absolute atomic E-state index is 12.7. The number of H-pyrrole nitrogens is 1. The number of halogens is 1. The Bertz CT molecular complexity index is 828. The van der Waals surface area contributed by atoms with Gasteiger partial charge in [-0.2, -0.15) is 0 Å². The van der Waals surface area contributed by atoms with Crippen LogP contribution in [0.1, 0.15) is 23.2 Å². The summed E-state index contributed by atoms with van der Waals surface area (Å²) in [6.07, 6.45) is 3.51. The van der Waals surface area contributed by atoms with Crippen molar-refractivity contribution in [3.05, 3.63) is 33.1 Å². The molecule has 2 bridgehead atoms. The van der Waals surface area contributed by atoms with Crippen molar-refractivity contribution < 1.29 is 9.72 Å². The molecule has 24 heavy (non-hydrogen) atoms. The third-order valence-corrected chi connectivity index (χ3v) is 5.32. The number of hydrogen-bond donors (Lipinski definition) is 2. The van der Waals surface area contributed by atoms with Crippen LogP contribution in [0.4, 0.5) is 5.69 Å². The van der Waals surface area contributed by atoms with Gasteiger partial charge in [0.05, 0.1) is 22.3 Å². The Morgan fingerprint density at radius 2 is 2.21 bits per heavy atom. The Morgan fingerprint density at radius 1 is 1.46 bits per heavy atom. The molecule has 9 heteroatoms. The van der Waals surface area contributed by atoms with Crippen molar-refractivity contribution in [2.75, 3.05) is 19.6 Å². The summed E-state index contributed by atoms with van der Waals surface area (Å²) in [5, 5.41) is 14.2. The molecule has 3 aliphatic rings. The fourth-order valence-corrected chi connectivity index (χ4v) is 4.05. The van der Waals surface area contributed by atoms with Crippen molar-refractivity contribution in [1.29, 1.82) is 0 Å². The molecular formula is C15H16ClN5O3. The van der Waals surface area contributed by atoms with E-state index >= 15 is 0 Å². The number of nitrogens with one attached hydrogen (secondary N) is 2. The number of aromatic amines is 1. The lowest BCUT2D eigenvalue weighted by molar-refractivity contribution is -0.383. The van der Waals surface area contributed by atoms with Crippen LogP contribution in [0.2, 0.25) is 5.02 Å². The summed E-state index contributed by atoms with van der Waals surface area (Å²) in [5.74, 6) is 0.213. The Morgan fingerprint density at radius 3 is 2.83 bits per heavy atom. The number of carbonyl (C=O) groups excluding carboxylic acids is 1. The molecule has 3 saturated heterocycles. The molecule has 1 atom stereocenters. The molecule has 0 radical (unpaired) electrons. The summed E-state index contributed by atoms with van der Waals surface area (Å²) in [6.45, 7) is 3.03. The van der Waals surface area contributed by atoms with E-state index in [-0.39, 0.29) is 33.7 Å². The number of fused-ring (bicyclic) bond motifs is 4. The second-order valence-electron chi connectivity index (χ2n) is 6.36. The van der Waals surface area contributed by atoms with Crippen LogP contribution in [0, 0.1) is 16.0 Å². The number of rotatable bonds is 3. The van der Waals surface area contributed by atoms with Crippen molar-refractivity contribution in [3.63, 3.8) is 0 Å². The van der Waals surface area contributed by atoms with E-state index in [0.717, 1.165) is 32.5 Å². The molecule has 126 valence electrons. The molecule has 4 heterocycles. The highest BCUT2D eigenvalue weighted by molar-refractivity contribution is 6.34. The number of benzene rings is 1. The number of nitro benzene ring substituents is 1. The van der Waals surface area contributed by atoms with Gasteiger partial charge in [-0.15, -0.1) is 0 Å². The van der Waals surface area contributed by atoms with Crippen molar-refractivity contribution in [2.24, 2.45) is 5.92 Å². The fourth-order valence-electron chi connectivity index (χ4n) is 3.79. The van der Waals surface area contributed by atoms with Gasteiger partial charge in [-0.1, -0.05) is 11.6 Å². The smallest absolute Gasteiger partial charge is 0.315 e. The summed E-state index contributed by atoms with van der Waals surface area (Å²) in [7, 11) is 0. The summed E-state index contributed by atoms with van der Waals surface area (Å²) >= 11 is 6.03. The molecule has 8 nitrogen and oxygen atoms in total. The number of piperidine rings is 3. The van der Waals surface area contributed by atoms with Crippen molar-refractivity contribution in [3.8, 4) is 0 Å². The van der Waals surface area contributed by atoms with Crippen molar-refractivity contribution >= 4 is 34.2 Å². The quantitative estimate of drug-likeness (QED) is 0.651. The van der Waals surface area contributed by atoms with Gasteiger partial charge in [0.2, 0.25) is 0 Å². The minimum absolute atomic E-state index is 0.0846. The minimum atomic E-state index is -0.583. The van der Waals surface area contributed by atoms with Gasteiger partial charge in [0.25, 0.3) is 5.91 Å². The lowest BCUT2D eigenvalue weighted by Crippen LogP contribution is -2.57. The van der Waals surface area contributed by atoms with Crippen LogP contribution in [0.25, 0.3) is 11.0 Å². The zero-order valence-electron chi connectivity index (χ0n) is 12.8. The lowest BCUT2D eigenvalue weighted by Gasteiger charge is -2.44. The third-order valence-electron chi connectivity index (χ3n) is 5.03. The molecule has 2 aromatic rings. The van der Waals surface area contributed by atoms with E-state index < -0.39 is 4.92 Å². The fraction of sp³-hybridized carbons (Fsp3) is 0.467. The van der Waals surface area contributed by atoms with Gasteiger partial charge in [0.15, 0.2) is 5.52 Å². The molecule has 0 aliphatic carbocycles. The van der Waals surface area contributed by atoms with Gasteiger partial charge in [0.1, 0.15) is 5.02 Å². The first kappa shape index (κ1) is 15.3. The highest BCUT2D eigenvalue weighted by Crippen LogP contribution is 2.34. The second kappa shape index (κ2) is 5.71. The van der Waals surface area contributed by atoms with Gasteiger partial charge in [0, 0.05) is 12.6 Å². The third kappa shape index (κ3) is 2.42. The summed E-state index contributed by atoms with van der Waals surface area (Å²) in [4.78, 5) is 32.4. The molecule has 1 amide bonds. The maximum Gasteiger partial charge on any atom is 0.315 e. The standard InChI is InChI=1S/C15H16ClN5O3/c16-10-5-9(12-13(18-7-17-12)14(10)21(23)24)15(22)19-11-6-20-3-1-8(11)2-4-20/h5,7-8,11H,1-4,6H2,(H,17,18)(H,19,22)/t11-/m0/s1. The average molecular weight is 350 g/mol. The first-order valence-corrected chi connectivity index (χ1v) is 8.25. The predicted octanol–water partition coefficient (Wildman–Crippen LogP) is 1.95. The monoisotopic (exact) mass is 349 g/mol. The number of imidazole rings is 1. The van der Waals surface area contributed by atoms with Crippen LogP contribution in [-0.4, -0.2) is 51.4 Å². The van der Waals surface area contributed by atoms with Crippen molar-refractivity contribution in [2.45, 2.75) is 18.9 Å². The maximum atomic E-state index is 12.7. The molecule has 0 saturated carbocycles. The Labute approximate surface area is 142 Å². The first-order chi connectivity index (χ1) is 11.5. The topological polar surface area (TPSA) is 104 Å². The largest absolute Gasteiger partial charge is 0.348 e. The average Bonchev–Trinajstić information content (AvgIpc) is 3.03. The van der Waals surface area contributed by atoms with Gasteiger partial charge < -0.3 is 15.2 Å². The highest BCUT2D eigenvalue weighted by atomic mass is 35.5. The van der Waals surface area contributed by atoms with Gasteiger partial charge >= 0.3 is 5.69 Å². The first-order valence-electron chi connectivity index (χ1n) is 7.88. The highest BCUT2D eigenvalue weighted by Gasteiger charge is 2.35. The molecule has 0 unspecified atom stereocenters. The van der Waals surface area contributed by atoms with E-state index in [9.17, 15) is 14.9 Å². The van der Waals surface area contributed by atoms with Crippen LogP contribution >= 0.6 is 11.6 Å². The van der Waals surface area contributed by atoms with E-state index in [0.29, 0.717) is 11.4 Å². The molecule has 3 fully saturated rings. The zero-order chi connectivity index (χ0) is 16.8. The number of aromatic nitrogens is 2. The summed E-state index contributed by atoms with van der Waals surface area (Å²) in [6, 6.07) is 1.45. The molecule has 1 aromatic heterocycles. The van der Waals surface area contributed by atoms with E-state index in [1.165, 1.54) is 12.4 Å². The molecule has 0 spiro atoms. The van der Waals surface area contributed by atoms with E-state index in [2.05, 4.69) is 20.2 Å². The summed E-state index contributed by atoms with van der Waals surface area (Å²) < 4.78 is 0. The van der Waals surface area contributed by atoms with Crippen LogP contribution in [-0.2, 0) is 0 Å². The summed E-state index contributed by atoms with van der Waals surface area (Å²) in [5.41, 5.74) is 0.443. The lowest BCUT2D eigenvalue weighted by atomic mass is 9.84. The number of hydrogen-bond acceptors (Lipinski definition) is 5. The number of nitrogens with zero attached hydrogens (tertiary/aromatic N) is 3. The molecule has 3 aliphatic heterocycles. The van der Waals surface area contributed by atoms with Crippen molar-refractivity contribution in [1.82, 2.24) is 20.2 Å². The SMILES string of the molecule is O=C(N[C@H]1CN2CCC1CC2)c1cc(Cl)c([N+](=O)[O-])c2nc[nH]c12. The molecule has 2 N–H and O–H groups in total. The van der Waals surface area contributed by atoms with Gasteiger partial charge in [-0.25, -0.2) is 4.98 Å². The minimum Gasteiger partial charge on any atom is -0.348 e.